The lowest BCUT2D eigenvalue weighted by atomic mass is 9.96. The highest BCUT2D eigenvalue weighted by molar-refractivity contribution is 7.91. The van der Waals surface area contributed by atoms with Crippen molar-refractivity contribution in [3.05, 3.63) is 17.5 Å². The number of thiophene rings is 1. The molecule has 1 aromatic heterocycles. The quantitative estimate of drug-likeness (QED) is 0.682. The second kappa shape index (κ2) is 6.82. The van der Waals surface area contributed by atoms with Crippen molar-refractivity contribution in [3.63, 3.8) is 0 Å². The molecular formula is C17H22N4O5S2. The number of sulfonamides is 1. The Hall–Kier alpha value is -1.98. The SMILES string of the molecule is C[C@@]1(C2CC2)NC(=O)N(CC(=O)N2CCN(S(=O)(=O)c3cccs3)CC2)C1=O. The van der Waals surface area contributed by atoms with Crippen molar-refractivity contribution in [2.45, 2.75) is 29.5 Å². The Bertz CT molecular complexity index is 904. The first-order chi connectivity index (χ1) is 13.2. The third kappa shape index (κ3) is 3.20. The van der Waals surface area contributed by atoms with Gasteiger partial charge in [-0.05, 0) is 37.1 Å². The van der Waals surface area contributed by atoms with Crippen LogP contribution in [0.25, 0.3) is 0 Å². The van der Waals surface area contributed by atoms with Crippen LogP contribution in [0.15, 0.2) is 21.7 Å². The summed E-state index contributed by atoms with van der Waals surface area (Å²) in [5, 5.41) is 4.43. The highest BCUT2D eigenvalue weighted by Crippen LogP contribution is 2.42. The molecule has 4 rings (SSSR count). The number of carbonyl (C=O) groups excluding carboxylic acids is 3. The Morgan fingerprint density at radius 2 is 1.93 bits per heavy atom. The standard InChI is InChI=1S/C17H22N4O5S2/c1-17(12-4-5-12)15(23)21(16(24)18-17)11-13(22)19-6-8-20(9-7-19)28(25,26)14-3-2-10-27-14/h2-3,10,12H,4-9,11H2,1H3,(H,18,24)/t17-/m0/s1. The van der Waals surface area contributed by atoms with Crippen LogP contribution in [0.3, 0.4) is 0 Å². The second-order valence-electron chi connectivity index (χ2n) is 7.52. The van der Waals surface area contributed by atoms with Crippen LogP contribution in [0.2, 0.25) is 0 Å². The highest BCUT2D eigenvalue weighted by atomic mass is 32.2. The lowest BCUT2D eigenvalue weighted by molar-refractivity contribution is -0.139. The molecule has 3 fully saturated rings. The Morgan fingerprint density at radius 1 is 1.25 bits per heavy atom. The monoisotopic (exact) mass is 426 g/mol. The molecule has 1 saturated carbocycles. The number of imide groups is 1. The topological polar surface area (TPSA) is 107 Å². The fourth-order valence-corrected chi connectivity index (χ4v) is 6.31. The van der Waals surface area contributed by atoms with Crippen LogP contribution in [0.1, 0.15) is 19.8 Å². The van der Waals surface area contributed by atoms with E-state index in [0.717, 1.165) is 29.1 Å². The smallest absolute Gasteiger partial charge is 0.325 e. The van der Waals surface area contributed by atoms with Crippen molar-refractivity contribution in [1.82, 2.24) is 19.4 Å². The van der Waals surface area contributed by atoms with Gasteiger partial charge >= 0.3 is 6.03 Å². The first-order valence-electron chi connectivity index (χ1n) is 9.19. The zero-order valence-electron chi connectivity index (χ0n) is 15.5. The Kier molecular flexibility index (Phi) is 4.71. The molecule has 2 saturated heterocycles. The molecule has 3 aliphatic rings. The summed E-state index contributed by atoms with van der Waals surface area (Å²) < 4.78 is 26.8. The molecule has 2 aliphatic heterocycles. The number of nitrogens with one attached hydrogen (secondary N) is 1. The van der Waals surface area contributed by atoms with E-state index in [4.69, 9.17) is 0 Å². The summed E-state index contributed by atoms with van der Waals surface area (Å²) in [6.45, 7) is 2.23. The molecule has 4 amide bonds. The van der Waals surface area contributed by atoms with E-state index < -0.39 is 21.6 Å². The maximum atomic E-state index is 12.6. The zero-order chi connectivity index (χ0) is 20.1. The van der Waals surface area contributed by atoms with Crippen molar-refractivity contribution in [2.75, 3.05) is 32.7 Å². The summed E-state index contributed by atoms with van der Waals surface area (Å²) in [6.07, 6.45) is 1.79. The lowest BCUT2D eigenvalue weighted by Gasteiger charge is -2.34. The molecule has 3 heterocycles. The third-order valence-corrected chi connectivity index (χ3v) is 8.94. The number of amides is 4. The molecule has 1 atom stereocenters. The van der Waals surface area contributed by atoms with E-state index in [1.807, 2.05) is 0 Å². The van der Waals surface area contributed by atoms with Crippen LogP contribution in [0.4, 0.5) is 4.79 Å². The molecule has 1 N–H and O–H groups in total. The van der Waals surface area contributed by atoms with E-state index in [-0.39, 0.29) is 54.7 Å². The number of hydrogen-bond acceptors (Lipinski definition) is 6. The van der Waals surface area contributed by atoms with Gasteiger partial charge in [0.25, 0.3) is 15.9 Å². The largest absolute Gasteiger partial charge is 0.338 e. The summed E-state index contributed by atoms with van der Waals surface area (Å²) in [4.78, 5) is 39.9. The Morgan fingerprint density at radius 3 is 2.50 bits per heavy atom. The second-order valence-corrected chi connectivity index (χ2v) is 10.6. The van der Waals surface area contributed by atoms with Crippen LogP contribution >= 0.6 is 11.3 Å². The van der Waals surface area contributed by atoms with Crippen LogP contribution in [-0.4, -0.2) is 78.6 Å². The number of urea groups is 1. The summed E-state index contributed by atoms with van der Waals surface area (Å²) in [7, 11) is -3.54. The van der Waals surface area contributed by atoms with Gasteiger partial charge in [0, 0.05) is 26.2 Å². The van der Waals surface area contributed by atoms with Crippen LogP contribution < -0.4 is 5.32 Å². The van der Waals surface area contributed by atoms with Gasteiger partial charge in [-0.2, -0.15) is 4.31 Å². The molecular weight excluding hydrogens is 404 g/mol. The van der Waals surface area contributed by atoms with Gasteiger partial charge in [0.05, 0.1) is 0 Å². The van der Waals surface area contributed by atoms with Gasteiger partial charge in [0.15, 0.2) is 0 Å². The number of piperazine rings is 1. The fourth-order valence-electron chi connectivity index (χ4n) is 3.75. The summed E-state index contributed by atoms with van der Waals surface area (Å²) >= 11 is 1.16. The first kappa shape index (κ1) is 19.3. The van der Waals surface area contributed by atoms with E-state index in [9.17, 15) is 22.8 Å². The molecule has 0 spiro atoms. The molecule has 1 aromatic rings. The maximum Gasteiger partial charge on any atom is 0.325 e. The number of rotatable bonds is 5. The summed E-state index contributed by atoms with van der Waals surface area (Å²) in [5.74, 6) is -0.570. The van der Waals surface area contributed by atoms with Crippen molar-refractivity contribution in [1.29, 1.82) is 0 Å². The molecule has 0 aromatic carbocycles. The van der Waals surface area contributed by atoms with Gasteiger partial charge in [0.1, 0.15) is 16.3 Å². The first-order valence-corrected chi connectivity index (χ1v) is 11.5. The minimum absolute atomic E-state index is 0.134. The van der Waals surface area contributed by atoms with E-state index in [2.05, 4.69) is 5.32 Å². The molecule has 0 unspecified atom stereocenters. The highest BCUT2D eigenvalue weighted by Gasteiger charge is 2.56. The van der Waals surface area contributed by atoms with Crippen molar-refractivity contribution in [2.24, 2.45) is 5.92 Å². The van der Waals surface area contributed by atoms with E-state index in [0.29, 0.717) is 0 Å². The molecule has 0 bridgehead atoms. The van der Waals surface area contributed by atoms with Crippen LogP contribution in [0.5, 0.6) is 0 Å². The van der Waals surface area contributed by atoms with Gasteiger partial charge in [0.2, 0.25) is 5.91 Å². The van der Waals surface area contributed by atoms with Gasteiger partial charge < -0.3 is 10.2 Å². The van der Waals surface area contributed by atoms with Crippen LogP contribution in [-0.2, 0) is 19.6 Å². The minimum atomic E-state index is -3.54. The van der Waals surface area contributed by atoms with Crippen LogP contribution in [0, 0.1) is 5.92 Å². The number of hydrogen-bond donors (Lipinski definition) is 1. The van der Waals surface area contributed by atoms with Crippen molar-refractivity contribution in [3.8, 4) is 0 Å². The number of carbonyl (C=O) groups is 3. The predicted octanol–water partition coefficient (Wildman–Crippen LogP) is 0.302. The normalized spacial score (nSPS) is 26.6. The van der Waals surface area contributed by atoms with E-state index in [1.165, 1.54) is 9.21 Å². The average Bonchev–Trinajstić information content (AvgIpc) is 3.34. The Labute approximate surface area is 167 Å². The van der Waals surface area contributed by atoms with Gasteiger partial charge in [-0.3, -0.25) is 14.5 Å². The molecule has 152 valence electrons. The van der Waals surface area contributed by atoms with Gasteiger partial charge in [-0.1, -0.05) is 6.07 Å². The summed E-state index contributed by atoms with van der Waals surface area (Å²) in [6, 6.07) is 2.71. The van der Waals surface area contributed by atoms with Crippen molar-refractivity contribution < 1.29 is 22.8 Å². The minimum Gasteiger partial charge on any atom is -0.338 e. The van der Waals surface area contributed by atoms with E-state index in [1.54, 1.807) is 24.4 Å². The van der Waals surface area contributed by atoms with Gasteiger partial charge in [-0.15, -0.1) is 11.3 Å². The Balaban J connectivity index is 1.36. The molecule has 11 heteroatoms. The predicted molar refractivity (Wildman–Crippen MR) is 101 cm³/mol. The summed E-state index contributed by atoms with van der Waals surface area (Å²) in [5.41, 5.74) is -0.912. The van der Waals surface area contributed by atoms with E-state index >= 15 is 0 Å². The molecule has 28 heavy (non-hydrogen) atoms. The van der Waals surface area contributed by atoms with Gasteiger partial charge in [-0.25, -0.2) is 13.2 Å². The fraction of sp³-hybridized carbons (Fsp3) is 0.588. The third-order valence-electron chi connectivity index (χ3n) is 5.67. The number of nitrogens with zero attached hydrogens (tertiary/aromatic N) is 3. The molecule has 0 radical (unpaired) electrons. The zero-order valence-corrected chi connectivity index (χ0v) is 17.1. The average molecular weight is 427 g/mol. The lowest BCUT2D eigenvalue weighted by Crippen LogP contribution is -2.53. The molecule has 9 nitrogen and oxygen atoms in total. The van der Waals surface area contributed by atoms with Crippen molar-refractivity contribution >= 4 is 39.2 Å². The maximum absolute atomic E-state index is 12.6. The molecule has 1 aliphatic carbocycles.